The summed E-state index contributed by atoms with van der Waals surface area (Å²) in [5.74, 6) is 2.21. The van der Waals surface area contributed by atoms with E-state index in [-0.39, 0.29) is 13.3 Å². The van der Waals surface area contributed by atoms with E-state index in [9.17, 15) is 4.79 Å². The average molecular weight is 302 g/mol. The molecule has 1 aliphatic heterocycles. The monoisotopic (exact) mass is 302 g/mol. The van der Waals surface area contributed by atoms with Gasteiger partial charge in [-0.3, -0.25) is 4.79 Å². The van der Waals surface area contributed by atoms with E-state index < -0.39 is 0 Å². The smallest absolute Gasteiger partial charge is 0.265 e. The predicted octanol–water partition coefficient (Wildman–Crippen LogP) is 2.64. The Balaban J connectivity index is 0.00000132. The van der Waals surface area contributed by atoms with Crippen LogP contribution >= 0.6 is 11.3 Å². The van der Waals surface area contributed by atoms with Crippen LogP contribution in [0.5, 0.6) is 0 Å². The summed E-state index contributed by atoms with van der Waals surface area (Å²) in [5, 5.41) is 0.718. The van der Waals surface area contributed by atoms with E-state index >= 15 is 0 Å². The normalized spacial score (nSPS) is 22.6. The number of carbonyl (C=O) groups excluding carboxylic acids is 1. The molecule has 1 saturated carbocycles. The van der Waals surface area contributed by atoms with Crippen LogP contribution in [0.4, 0.5) is 0 Å². The minimum Gasteiger partial charge on any atom is -0.337 e. The maximum Gasteiger partial charge on any atom is 0.265 e. The zero-order chi connectivity index (χ0) is 13.7. The first-order valence-corrected chi connectivity index (χ1v) is 7.58. The number of nitrogens with zero attached hydrogens (tertiary/aromatic N) is 4. The van der Waals surface area contributed by atoms with Gasteiger partial charge in [-0.15, -0.1) is 11.3 Å². The van der Waals surface area contributed by atoms with E-state index in [0.29, 0.717) is 5.82 Å². The minimum atomic E-state index is 0. The summed E-state index contributed by atoms with van der Waals surface area (Å²) in [7, 11) is 0. The van der Waals surface area contributed by atoms with Crippen molar-refractivity contribution in [1.29, 1.82) is 0 Å². The molecule has 6 heteroatoms. The summed E-state index contributed by atoms with van der Waals surface area (Å²) < 4.78 is 0. The molecule has 2 aromatic heterocycles. The second-order valence-electron chi connectivity index (χ2n) is 5.47. The topological polar surface area (TPSA) is 59.0 Å². The van der Waals surface area contributed by atoms with E-state index in [4.69, 9.17) is 0 Å². The number of aryl methyl sites for hydroxylation is 1. The van der Waals surface area contributed by atoms with Crippen molar-refractivity contribution in [2.24, 2.45) is 11.8 Å². The van der Waals surface area contributed by atoms with Crippen LogP contribution < -0.4 is 0 Å². The lowest BCUT2D eigenvalue weighted by Crippen LogP contribution is -2.30. The summed E-state index contributed by atoms with van der Waals surface area (Å²) in [6, 6.07) is 1.77. The van der Waals surface area contributed by atoms with Gasteiger partial charge in [0.2, 0.25) is 0 Å². The van der Waals surface area contributed by atoms with Crippen molar-refractivity contribution in [2.45, 2.75) is 20.8 Å². The first-order valence-electron chi connectivity index (χ1n) is 6.76. The van der Waals surface area contributed by atoms with E-state index in [1.165, 1.54) is 17.8 Å². The Bertz CT molecular complexity index is 660. The lowest BCUT2D eigenvalue weighted by molar-refractivity contribution is 0.0779. The molecule has 0 radical (unpaired) electrons. The van der Waals surface area contributed by atoms with Crippen LogP contribution in [-0.2, 0) is 0 Å². The second kappa shape index (κ2) is 5.18. The number of rotatable bonds is 2. The molecule has 0 bridgehead atoms. The molecule has 5 nitrogen and oxygen atoms in total. The molecule has 0 aromatic carbocycles. The van der Waals surface area contributed by atoms with Crippen LogP contribution in [0.1, 0.15) is 29.2 Å². The van der Waals surface area contributed by atoms with Gasteiger partial charge in [0.25, 0.3) is 5.91 Å². The second-order valence-corrected chi connectivity index (χ2v) is 6.47. The number of fused-ring (bicyclic) bond motifs is 1. The van der Waals surface area contributed by atoms with E-state index in [0.717, 1.165) is 40.5 Å². The SMILES string of the molecule is C.Cc1nc(-c2ncccn2)sc1C(=O)N1CC2CC2C1. The number of hydrogen-bond acceptors (Lipinski definition) is 5. The fourth-order valence-electron chi connectivity index (χ4n) is 2.81. The number of carbonyl (C=O) groups is 1. The molecule has 1 aliphatic carbocycles. The van der Waals surface area contributed by atoms with E-state index in [2.05, 4.69) is 15.0 Å². The third-order valence-corrected chi connectivity index (χ3v) is 5.16. The van der Waals surface area contributed by atoms with E-state index in [1.54, 1.807) is 18.5 Å². The van der Waals surface area contributed by atoms with Crippen LogP contribution in [0.3, 0.4) is 0 Å². The molecule has 21 heavy (non-hydrogen) atoms. The Morgan fingerprint density at radius 1 is 1.29 bits per heavy atom. The molecule has 0 N–H and O–H groups in total. The Labute approximate surface area is 128 Å². The van der Waals surface area contributed by atoms with Gasteiger partial charge in [0, 0.05) is 25.5 Å². The highest BCUT2D eigenvalue weighted by atomic mass is 32.1. The third-order valence-electron chi connectivity index (χ3n) is 4.01. The van der Waals surface area contributed by atoms with Gasteiger partial charge in [-0.25, -0.2) is 15.0 Å². The highest BCUT2D eigenvalue weighted by Crippen LogP contribution is 2.45. The molecular formula is C15H18N4OS. The van der Waals surface area contributed by atoms with Gasteiger partial charge in [0.1, 0.15) is 4.88 Å². The Hall–Kier alpha value is -1.82. The number of aromatic nitrogens is 3. The number of likely N-dealkylation sites (tertiary alicyclic amines) is 1. The zero-order valence-corrected chi connectivity index (χ0v) is 11.9. The lowest BCUT2D eigenvalue weighted by atomic mass is 10.3. The molecule has 1 saturated heterocycles. The van der Waals surface area contributed by atoms with Crippen molar-refractivity contribution in [3.05, 3.63) is 29.0 Å². The first-order chi connectivity index (χ1) is 9.72. The summed E-state index contributed by atoms with van der Waals surface area (Å²) in [5.41, 5.74) is 0.781. The number of amides is 1. The highest BCUT2D eigenvalue weighted by Gasteiger charge is 2.47. The van der Waals surface area contributed by atoms with E-state index in [1.807, 2.05) is 11.8 Å². The Morgan fingerprint density at radius 3 is 2.62 bits per heavy atom. The molecule has 1 amide bonds. The van der Waals surface area contributed by atoms with Crippen LogP contribution in [0.15, 0.2) is 18.5 Å². The van der Waals surface area contributed by atoms with Crippen molar-refractivity contribution in [3.63, 3.8) is 0 Å². The Morgan fingerprint density at radius 2 is 1.95 bits per heavy atom. The molecular weight excluding hydrogens is 284 g/mol. The number of hydrogen-bond donors (Lipinski definition) is 0. The lowest BCUT2D eigenvalue weighted by Gasteiger charge is -2.16. The number of thiazole rings is 1. The third kappa shape index (κ3) is 2.44. The highest BCUT2D eigenvalue weighted by molar-refractivity contribution is 7.17. The van der Waals surface area contributed by atoms with Gasteiger partial charge in [0.05, 0.1) is 5.69 Å². The summed E-state index contributed by atoms with van der Waals surface area (Å²) in [4.78, 5) is 28.1. The molecule has 2 atom stereocenters. The molecule has 4 rings (SSSR count). The van der Waals surface area contributed by atoms with Crippen molar-refractivity contribution >= 4 is 17.2 Å². The minimum absolute atomic E-state index is 0. The summed E-state index contributed by atoms with van der Waals surface area (Å²) >= 11 is 1.40. The maximum absolute atomic E-state index is 12.5. The number of piperidine rings is 1. The van der Waals surface area contributed by atoms with Crippen molar-refractivity contribution in [3.8, 4) is 10.8 Å². The van der Waals surface area contributed by atoms with Gasteiger partial charge in [-0.2, -0.15) is 0 Å². The largest absolute Gasteiger partial charge is 0.337 e. The first kappa shape index (κ1) is 14.1. The van der Waals surface area contributed by atoms with Crippen LogP contribution in [0.25, 0.3) is 10.8 Å². The summed E-state index contributed by atoms with van der Waals surface area (Å²) in [6.07, 6.45) is 4.68. The molecule has 2 aromatic rings. The molecule has 0 spiro atoms. The molecule has 3 heterocycles. The van der Waals surface area contributed by atoms with Crippen LogP contribution in [0, 0.1) is 18.8 Å². The predicted molar refractivity (Wildman–Crippen MR) is 82.1 cm³/mol. The van der Waals surface area contributed by atoms with Crippen molar-refractivity contribution in [2.75, 3.05) is 13.1 Å². The van der Waals surface area contributed by atoms with Crippen LogP contribution in [-0.4, -0.2) is 38.8 Å². The van der Waals surface area contributed by atoms with Gasteiger partial charge in [-0.05, 0) is 31.2 Å². The van der Waals surface area contributed by atoms with Crippen LogP contribution in [0.2, 0.25) is 0 Å². The van der Waals surface area contributed by atoms with Gasteiger partial charge in [-0.1, -0.05) is 7.43 Å². The fraction of sp³-hybridized carbons (Fsp3) is 0.467. The maximum atomic E-state index is 12.5. The fourth-order valence-corrected chi connectivity index (χ4v) is 3.79. The average Bonchev–Trinajstić information content (AvgIpc) is 2.91. The molecule has 2 fully saturated rings. The van der Waals surface area contributed by atoms with Gasteiger partial charge >= 0.3 is 0 Å². The van der Waals surface area contributed by atoms with Gasteiger partial charge in [0.15, 0.2) is 10.8 Å². The quantitative estimate of drug-likeness (QED) is 0.855. The molecule has 2 unspecified atom stereocenters. The van der Waals surface area contributed by atoms with Crippen molar-refractivity contribution in [1.82, 2.24) is 19.9 Å². The zero-order valence-electron chi connectivity index (χ0n) is 11.1. The standard InChI is InChI=1S/C14H14N4OS.CH4/c1-8-11(14(19)18-6-9-5-10(9)7-18)20-13(17-8)12-15-3-2-4-16-12;/h2-4,9-10H,5-7H2,1H3;1H4. The summed E-state index contributed by atoms with van der Waals surface area (Å²) in [6.45, 7) is 3.71. The Kier molecular flexibility index (Phi) is 3.49. The molecule has 2 aliphatic rings. The van der Waals surface area contributed by atoms with Gasteiger partial charge < -0.3 is 4.90 Å². The van der Waals surface area contributed by atoms with Crippen molar-refractivity contribution < 1.29 is 4.79 Å². The molecule has 110 valence electrons.